The Hall–Kier alpha value is -2.11. The van der Waals surface area contributed by atoms with Crippen LogP contribution in [-0.2, 0) is 9.31 Å². The first-order chi connectivity index (χ1) is 11.8. The second-order valence-corrected chi connectivity index (χ2v) is 7.79. The average molecular weight is 334 g/mol. The fourth-order valence-electron chi connectivity index (χ4n) is 3.12. The number of benzene rings is 1. The van der Waals surface area contributed by atoms with Crippen molar-refractivity contribution in [2.24, 2.45) is 0 Å². The highest BCUT2D eigenvalue weighted by Crippen LogP contribution is 2.36. The minimum Gasteiger partial charge on any atom is -0.399 e. The molecule has 5 heteroatoms. The first-order valence-electron chi connectivity index (χ1n) is 8.66. The molecule has 0 unspecified atom stereocenters. The molecule has 1 aromatic carbocycles. The number of rotatable bonds is 2. The summed E-state index contributed by atoms with van der Waals surface area (Å²) < 4.78 is 14.5. The van der Waals surface area contributed by atoms with Crippen molar-refractivity contribution < 1.29 is 9.31 Å². The van der Waals surface area contributed by atoms with Crippen LogP contribution in [-0.4, -0.2) is 27.7 Å². The summed E-state index contributed by atoms with van der Waals surface area (Å²) in [6, 6.07) is 12.5. The molecule has 0 saturated carbocycles. The molecule has 1 fully saturated rings. The fraction of sp³-hybridized carbons (Fsp3) is 0.350. The molecule has 0 atom stereocenters. The maximum atomic E-state index is 6.18. The summed E-state index contributed by atoms with van der Waals surface area (Å²) in [5.41, 5.74) is 4.67. The summed E-state index contributed by atoms with van der Waals surface area (Å²) in [6.45, 7) is 10.4. The molecule has 3 heterocycles. The predicted molar refractivity (Wildman–Crippen MR) is 101 cm³/mol. The van der Waals surface area contributed by atoms with E-state index in [4.69, 9.17) is 9.31 Å². The van der Waals surface area contributed by atoms with Gasteiger partial charge in [0.1, 0.15) is 5.65 Å². The van der Waals surface area contributed by atoms with E-state index >= 15 is 0 Å². The molecule has 1 aliphatic rings. The number of imidazole rings is 1. The topological polar surface area (TPSA) is 35.8 Å². The molecule has 0 radical (unpaired) electrons. The van der Waals surface area contributed by atoms with Crippen molar-refractivity contribution in [3.8, 4) is 11.3 Å². The first kappa shape index (κ1) is 16.4. The van der Waals surface area contributed by atoms with Crippen molar-refractivity contribution in [2.45, 2.75) is 45.8 Å². The van der Waals surface area contributed by atoms with Gasteiger partial charge in [-0.25, -0.2) is 4.98 Å². The van der Waals surface area contributed by atoms with Gasteiger partial charge in [-0.1, -0.05) is 24.3 Å². The van der Waals surface area contributed by atoms with Crippen LogP contribution < -0.4 is 5.46 Å². The van der Waals surface area contributed by atoms with Crippen LogP contribution in [0.5, 0.6) is 0 Å². The van der Waals surface area contributed by atoms with E-state index in [2.05, 4.69) is 80.5 Å². The van der Waals surface area contributed by atoms with Gasteiger partial charge in [-0.05, 0) is 63.3 Å². The zero-order valence-electron chi connectivity index (χ0n) is 15.4. The van der Waals surface area contributed by atoms with E-state index in [-0.39, 0.29) is 18.3 Å². The van der Waals surface area contributed by atoms with Gasteiger partial charge in [0.2, 0.25) is 0 Å². The zero-order valence-corrected chi connectivity index (χ0v) is 15.4. The summed E-state index contributed by atoms with van der Waals surface area (Å²) in [7, 11) is -0.355. The molecule has 3 aromatic rings. The molecule has 0 aliphatic carbocycles. The summed E-state index contributed by atoms with van der Waals surface area (Å²) >= 11 is 0. The van der Waals surface area contributed by atoms with Gasteiger partial charge >= 0.3 is 7.12 Å². The monoisotopic (exact) mass is 334 g/mol. The van der Waals surface area contributed by atoms with Crippen molar-refractivity contribution in [3.05, 3.63) is 54.4 Å². The molecule has 4 rings (SSSR count). The maximum absolute atomic E-state index is 6.18. The van der Waals surface area contributed by atoms with Gasteiger partial charge in [-0.15, -0.1) is 0 Å². The lowest BCUT2D eigenvalue weighted by Gasteiger charge is -2.32. The highest BCUT2D eigenvalue weighted by Gasteiger charge is 2.51. The lowest BCUT2D eigenvalue weighted by Crippen LogP contribution is -2.41. The van der Waals surface area contributed by atoms with Gasteiger partial charge < -0.3 is 9.31 Å². The second kappa shape index (κ2) is 5.45. The predicted octanol–water partition coefficient (Wildman–Crippen LogP) is 3.61. The molecule has 1 aliphatic heterocycles. The third-order valence-corrected chi connectivity index (χ3v) is 5.38. The van der Waals surface area contributed by atoms with Crippen LogP contribution in [0.15, 0.2) is 48.8 Å². The smallest absolute Gasteiger partial charge is 0.399 e. The van der Waals surface area contributed by atoms with Gasteiger partial charge in [-0.3, -0.25) is 4.40 Å². The minimum absolute atomic E-state index is 0.339. The Bertz CT molecular complexity index is 930. The fourth-order valence-corrected chi connectivity index (χ4v) is 3.12. The molecule has 0 amide bonds. The zero-order chi connectivity index (χ0) is 17.8. The molecule has 25 heavy (non-hydrogen) atoms. The molecule has 4 nitrogen and oxygen atoms in total. The third kappa shape index (κ3) is 2.68. The maximum Gasteiger partial charge on any atom is 0.494 e. The van der Waals surface area contributed by atoms with Crippen LogP contribution >= 0.6 is 0 Å². The van der Waals surface area contributed by atoms with Crippen LogP contribution in [0.2, 0.25) is 0 Å². The van der Waals surface area contributed by atoms with Crippen molar-refractivity contribution in [1.82, 2.24) is 9.38 Å². The molecule has 0 bridgehead atoms. The number of hydrogen-bond acceptors (Lipinski definition) is 3. The van der Waals surface area contributed by atoms with E-state index in [9.17, 15) is 0 Å². The molecule has 1 saturated heterocycles. The van der Waals surface area contributed by atoms with Gasteiger partial charge in [0, 0.05) is 6.20 Å². The SMILES string of the molecule is Cc1ccn2c(-c3cccc(B4OC(C)(C)C(C)(C)O4)c3)cnc2c1. The number of pyridine rings is 1. The molecule has 0 N–H and O–H groups in total. The number of aryl methyl sites for hydroxylation is 1. The van der Waals surface area contributed by atoms with Gasteiger partial charge in [0.25, 0.3) is 0 Å². The molecule has 0 spiro atoms. The first-order valence-corrected chi connectivity index (χ1v) is 8.66. The van der Waals surface area contributed by atoms with Gasteiger partial charge in [0.05, 0.1) is 23.1 Å². The number of aromatic nitrogens is 2. The van der Waals surface area contributed by atoms with E-state index in [1.807, 2.05) is 12.3 Å². The number of nitrogens with zero attached hydrogens (tertiary/aromatic N) is 2. The van der Waals surface area contributed by atoms with E-state index in [0.717, 1.165) is 22.4 Å². The van der Waals surface area contributed by atoms with Crippen LogP contribution in [0.3, 0.4) is 0 Å². The van der Waals surface area contributed by atoms with E-state index < -0.39 is 0 Å². The van der Waals surface area contributed by atoms with E-state index in [0.29, 0.717) is 0 Å². The lowest BCUT2D eigenvalue weighted by molar-refractivity contribution is 0.00578. The summed E-state index contributed by atoms with van der Waals surface area (Å²) in [4.78, 5) is 4.53. The quantitative estimate of drug-likeness (QED) is 0.672. The van der Waals surface area contributed by atoms with Crippen molar-refractivity contribution in [2.75, 3.05) is 0 Å². The second-order valence-electron chi connectivity index (χ2n) is 7.79. The molecular formula is C20H23BN2O2. The molecule has 128 valence electrons. The van der Waals surface area contributed by atoms with E-state index in [1.165, 1.54) is 5.56 Å². The average Bonchev–Trinajstić information content (AvgIpc) is 3.05. The van der Waals surface area contributed by atoms with Crippen LogP contribution in [0.1, 0.15) is 33.3 Å². The van der Waals surface area contributed by atoms with Crippen LogP contribution in [0.4, 0.5) is 0 Å². The Balaban J connectivity index is 1.73. The third-order valence-electron chi connectivity index (χ3n) is 5.38. The standard InChI is InChI=1S/C20H23BN2O2/c1-14-9-10-23-17(13-22-18(23)11-14)15-7-6-8-16(12-15)21-24-19(2,3)20(4,5)25-21/h6-13H,1-5H3. The Labute approximate surface area is 148 Å². The summed E-state index contributed by atoms with van der Waals surface area (Å²) in [6.07, 6.45) is 3.98. The normalized spacial score (nSPS) is 18.8. The highest BCUT2D eigenvalue weighted by atomic mass is 16.7. The van der Waals surface area contributed by atoms with Crippen molar-refractivity contribution in [3.63, 3.8) is 0 Å². The van der Waals surface area contributed by atoms with Crippen LogP contribution in [0, 0.1) is 6.92 Å². The van der Waals surface area contributed by atoms with Gasteiger partial charge in [-0.2, -0.15) is 0 Å². The Morgan fingerprint density at radius 1 is 1.00 bits per heavy atom. The summed E-state index contributed by atoms with van der Waals surface area (Å²) in [5.74, 6) is 0. The highest BCUT2D eigenvalue weighted by molar-refractivity contribution is 6.62. The van der Waals surface area contributed by atoms with Crippen molar-refractivity contribution in [1.29, 1.82) is 0 Å². The number of hydrogen-bond donors (Lipinski definition) is 0. The number of fused-ring (bicyclic) bond motifs is 1. The van der Waals surface area contributed by atoms with Gasteiger partial charge in [0.15, 0.2) is 0 Å². The Kier molecular flexibility index (Phi) is 3.57. The molecule has 2 aromatic heterocycles. The largest absolute Gasteiger partial charge is 0.494 e. The minimum atomic E-state index is -0.355. The summed E-state index contributed by atoms with van der Waals surface area (Å²) in [5, 5.41) is 0. The Morgan fingerprint density at radius 3 is 2.44 bits per heavy atom. The van der Waals surface area contributed by atoms with Crippen molar-refractivity contribution >= 4 is 18.2 Å². The van der Waals surface area contributed by atoms with Crippen LogP contribution in [0.25, 0.3) is 16.9 Å². The lowest BCUT2D eigenvalue weighted by atomic mass is 9.78. The Morgan fingerprint density at radius 2 is 1.72 bits per heavy atom. The van der Waals surface area contributed by atoms with E-state index in [1.54, 1.807) is 0 Å². The molecular weight excluding hydrogens is 311 g/mol.